The molecule has 0 unspecified atom stereocenters. The molecule has 1 aliphatic rings. The molecular weight excluding hydrogens is 404 g/mol. The van der Waals surface area contributed by atoms with Crippen LogP contribution in [0.4, 0.5) is 0 Å². The first-order chi connectivity index (χ1) is 15.5. The van der Waals surface area contributed by atoms with Gasteiger partial charge in [0, 0.05) is 24.5 Å². The SMILES string of the molecule is CCOc1ccc(C(O)=C2C(=O)C(=O)N(Cc3cccnc3)[C@@H]2c2ccccc2)cc1C. The van der Waals surface area contributed by atoms with Crippen molar-refractivity contribution in [1.29, 1.82) is 0 Å². The number of hydrogen-bond donors (Lipinski definition) is 1. The summed E-state index contributed by atoms with van der Waals surface area (Å²) in [7, 11) is 0. The summed E-state index contributed by atoms with van der Waals surface area (Å²) in [6.07, 6.45) is 3.32. The Kier molecular flexibility index (Phi) is 6.03. The number of nitrogens with zero attached hydrogens (tertiary/aromatic N) is 2. The zero-order chi connectivity index (χ0) is 22.7. The molecule has 1 saturated heterocycles. The number of hydrogen-bond acceptors (Lipinski definition) is 5. The van der Waals surface area contributed by atoms with E-state index in [-0.39, 0.29) is 17.9 Å². The average molecular weight is 428 g/mol. The van der Waals surface area contributed by atoms with Crippen LogP contribution in [0.5, 0.6) is 5.75 Å². The minimum absolute atomic E-state index is 0.0775. The lowest BCUT2D eigenvalue weighted by atomic mass is 9.94. The first-order valence-electron chi connectivity index (χ1n) is 10.5. The van der Waals surface area contributed by atoms with Crippen molar-refractivity contribution >= 4 is 17.4 Å². The number of ketones is 1. The fourth-order valence-electron chi connectivity index (χ4n) is 3.98. The molecule has 6 heteroatoms. The van der Waals surface area contributed by atoms with Gasteiger partial charge in [0.15, 0.2) is 0 Å². The number of carbonyl (C=O) groups excluding carboxylic acids is 2. The van der Waals surface area contributed by atoms with Crippen LogP contribution in [-0.2, 0) is 16.1 Å². The monoisotopic (exact) mass is 428 g/mol. The first kappa shape index (κ1) is 21.3. The van der Waals surface area contributed by atoms with Gasteiger partial charge in [-0.25, -0.2) is 0 Å². The van der Waals surface area contributed by atoms with Gasteiger partial charge in [-0.1, -0.05) is 36.4 Å². The van der Waals surface area contributed by atoms with Crippen LogP contribution in [0.15, 0.2) is 78.6 Å². The number of rotatable bonds is 6. The van der Waals surface area contributed by atoms with Crippen molar-refractivity contribution in [2.45, 2.75) is 26.4 Å². The Hall–Kier alpha value is -3.93. The number of likely N-dealkylation sites (tertiary alicyclic amines) is 1. The molecule has 0 spiro atoms. The predicted molar refractivity (Wildman–Crippen MR) is 121 cm³/mol. The molecule has 6 nitrogen and oxygen atoms in total. The van der Waals surface area contributed by atoms with Crippen LogP contribution < -0.4 is 4.74 Å². The summed E-state index contributed by atoms with van der Waals surface area (Å²) in [6, 6.07) is 17.4. The lowest BCUT2D eigenvalue weighted by Crippen LogP contribution is -2.29. The summed E-state index contributed by atoms with van der Waals surface area (Å²) in [6.45, 7) is 4.51. The molecule has 0 radical (unpaired) electrons. The maximum atomic E-state index is 13.1. The highest BCUT2D eigenvalue weighted by atomic mass is 16.5. The Labute approximate surface area is 186 Å². The van der Waals surface area contributed by atoms with E-state index in [9.17, 15) is 14.7 Å². The smallest absolute Gasteiger partial charge is 0.295 e. The van der Waals surface area contributed by atoms with Crippen LogP contribution in [0.1, 0.15) is 35.2 Å². The number of Topliss-reactive ketones (excluding diaryl/α,β-unsaturated/α-hetero) is 1. The second kappa shape index (κ2) is 9.06. The number of aryl methyl sites for hydroxylation is 1. The minimum atomic E-state index is -0.705. The van der Waals surface area contributed by atoms with E-state index in [0.717, 1.165) is 16.7 Å². The molecule has 0 saturated carbocycles. The van der Waals surface area contributed by atoms with Gasteiger partial charge in [0.25, 0.3) is 11.7 Å². The van der Waals surface area contributed by atoms with Gasteiger partial charge in [0.05, 0.1) is 18.2 Å². The minimum Gasteiger partial charge on any atom is -0.507 e. The number of aromatic nitrogens is 1. The van der Waals surface area contributed by atoms with Crippen molar-refractivity contribution < 1.29 is 19.4 Å². The van der Waals surface area contributed by atoms with Crippen LogP contribution in [0.3, 0.4) is 0 Å². The second-order valence-electron chi connectivity index (χ2n) is 7.61. The molecule has 32 heavy (non-hydrogen) atoms. The lowest BCUT2D eigenvalue weighted by molar-refractivity contribution is -0.140. The summed E-state index contributed by atoms with van der Waals surface area (Å²) in [4.78, 5) is 31.7. The zero-order valence-electron chi connectivity index (χ0n) is 18.0. The molecule has 4 rings (SSSR count). The number of carbonyl (C=O) groups is 2. The van der Waals surface area contributed by atoms with E-state index in [1.807, 2.05) is 50.2 Å². The van der Waals surface area contributed by atoms with Gasteiger partial charge >= 0.3 is 0 Å². The molecule has 3 aromatic rings. The molecule has 1 amide bonds. The van der Waals surface area contributed by atoms with E-state index in [4.69, 9.17) is 4.74 Å². The van der Waals surface area contributed by atoms with Gasteiger partial charge in [0.2, 0.25) is 0 Å². The summed E-state index contributed by atoms with van der Waals surface area (Å²) < 4.78 is 5.58. The number of benzene rings is 2. The summed E-state index contributed by atoms with van der Waals surface area (Å²) in [5.41, 5.74) is 2.92. The third kappa shape index (κ3) is 3.99. The zero-order valence-corrected chi connectivity index (χ0v) is 18.0. The van der Waals surface area contributed by atoms with E-state index in [1.165, 1.54) is 4.90 Å². The Bertz CT molecular complexity index is 1170. The van der Waals surface area contributed by atoms with Crippen LogP contribution in [0, 0.1) is 6.92 Å². The molecule has 0 bridgehead atoms. The van der Waals surface area contributed by atoms with Crippen molar-refractivity contribution in [1.82, 2.24) is 9.88 Å². The van der Waals surface area contributed by atoms with Crippen LogP contribution in [0.25, 0.3) is 5.76 Å². The first-order valence-corrected chi connectivity index (χ1v) is 10.5. The maximum Gasteiger partial charge on any atom is 0.295 e. The third-order valence-electron chi connectivity index (χ3n) is 5.48. The standard InChI is InChI=1S/C26H24N2O4/c1-3-32-21-12-11-20(14-17(21)2)24(29)22-23(19-9-5-4-6-10-19)28(26(31)25(22)30)16-18-8-7-13-27-15-18/h4-15,23,29H,3,16H2,1-2H3/t23-/m1/s1. The van der Waals surface area contributed by atoms with Crippen molar-refractivity contribution in [3.05, 3.63) is 101 Å². The summed E-state index contributed by atoms with van der Waals surface area (Å²) in [5.74, 6) is -0.837. The van der Waals surface area contributed by atoms with Gasteiger partial charge in [-0.05, 0) is 54.8 Å². The fraction of sp³-hybridized carbons (Fsp3) is 0.192. The average Bonchev–Trinajstić information content (AvgIpc) is 3.06. The van der Waals surface area contributed by atoms with E-state index >= 15 is 0 Å². The molecule has 1 N–H and O–H groups in total. The fourth-order valence-corrected chi connectivity index (χ4v) is 3.98. The second-order valence-corrected chi connectivity index (χ2v) is 7.61. The largest absolute Gasteiger partial charge is 0.507 e. The predicted octanol–water partition coefficient (Wildman–Crippen LogP) is 4.41. The molecule has 1 aliphatic heterocycles. The maximum absolute atomic E-state index is 13.1. The number of aliphatic hydroxyl groups is 1. The highest BCUT2D eigenvalue weighted by molar-refractivity contribution is 6.46. The highest BCUT2D eigenvalue weighted by Gasteiger charge is 2.46. The Morgan fingerprint density at radius 3 is 2.53 bits per heavy atom. The summed E-state index contributed by atoms with van der Waals surface area (Å²) in [5, 5.41) is 11.2. The quantitative estimate of drug-likeness (QED) is 0.357. The molecule has 1 aromatic heterocycles. The molecular formula is C26H24N2O4. The van der Waals surface area contributed by atoms with Gasteiger partial charge in [0.1, 0.15) is 11.5 Å². The van der Waals surface area contributed by atoms with Gasteiger partial charge in [-0.15, -0.1) is 0 Å². The van der Waals surface area contributed by atoms with Gasteiger partial charge in [-0.2, -0.15) is 0 Å². The number of ether oxygens (including phenoxy) is 1. The highest BCUT2D eigenvalue weighted by Crippen LogP contribution is 2.40. The molecule has 1 atom stereocenters. The molecule has 0 aliphatic carbocycles. The summed E-state index contributed by atoms with van der Waals surface area (Å²) >= 11 is 0. The number of amides is 1. The Morgan fingerprint density at radius 2 is 1.88 bits per heavy atom. The molecule has 162 valence electrons. The van der Waals surface area contributed by atoms with E-state index in [1.54, 1.807) is 36.7 Å². The van der Waals surface area contributed by atoms with Crippen molar-refractivity contribution in [2.75, 3.05) is 6.61 Å². The number of pyridine rings is 1. The number of aliphatic hydroxyl groups excluding tert-OH is 1. The van der Waals surface area contributed by atoms with Crippen LogP contribution >= 0.6 is 0 Å². The van der Waals surface area contributed by atoms with Crippen molar-refractivity contribution in [3.63, 3.8) is 0 Å². The lowest BCUT2D eigenvalue weighted by Gasteiger charge is -2.25. The molecule has 2 heterocycles. The topological polar surface area (TPSA) is 79.7 Å². The van der Waals surface area contributed by atoms with E-state index in [2.05, 4.69) is 4.98 Å². The van der Waals surface area contributed by atoms with Crippen LogP contribution in [-0.4, -0.2) is 33.3 Å². The van der Waals surface area contributed by atoms with E-state index < -0.39 is 17.7 Å². The third-order valence-corrected chi connectivity index (χ3v) is 5.48. The molecule has 2 aromatic carbocycles. The van der Waals surface area contributed by atoms with Gasteiger partial charge in [-0.3, -0.25) is 14.6 Å². The normalized spacial score (nSPS) is 17.6. The van der Waals surface area contributed by atoms with Crippen molar-refractivity contribution in [3.8, 4) is 5.75 Å². The Morgan fingerprint density at radius 1 is 1.09 bits per heavy atom. The van der Waals surface area contributed by atoms with Gasteiger partial charge < -0.3 is 14.7 Å². The molecule has 1 fully saturated rings. The van der Waals surface area contributed by atoms with Crippen molar-refractivity contribution in [2.24, 2.45) is 0 Å². The van der Waals surface area contributed by atoms with E-state index in [0.29, 0.717) is 17.9 Å². The Balaban J connectivity index is 1.83. The van der Waals surface area contributed by atoms with Crippen LogP contribution in [0.2, 0.25) is 0 Å².